The van der Waals surface area contributed by atoms with Gasteiger partial charge in [-0.05, 0) is 63.0 Å². The van der Waals surface area contributed by atoms with Crippen molar-refractivity contribution in [3.8, 4) is 11.5 Å². The van der Waals surface area contributed by atoms with Crippen LogP contribution >= 0.6 is 43.2 Å². The molecule has 6 heteroatoms. The Labute approximate surface area is 145 Å². The lowest BCUT2D eigenvalue weighted by molar-refractivity contribution is 0.391. The van der Waals surface area contributed by atoms with Crippen LogP contribution in [0.25, 0.3) is 0 Å². The molecule has 1 aromatic heterocycles. The number of halogens is 2. The first kappa shape index (κ1) is 16.8. The smallest absolute Gasteiger partial charge is 0.123 e. The first-order valence-corrected chi connectivity index (χ1v) is 8.84. The molecule has 0 saturated carbocycles. The van der Waals surface area contributed by atoms with E-state index in [1.54, 1.807) is 25.6 Å². The summed E-state index contributed by atoms with van der Waals surface area (Å²) >= 11 is 8.75. The Morgan fingerprint density at radius 2 is 1.95 bits per heavy atom. The van der Waals surface area contributed by atoms with Crippen LogP contribution in [0.1, 0.15) is 23.4 Å². The Kier molecular flexibility index (Phi) is 6.10. The van der Waals surface area contributed by atoms with Crippen molar-refractivity contribution in [1.29, 1.82) is 0 Å². The second-order valence-electron chi connectivity index (χ2n) is 4.54. The molecule has 0 aliphatic heterocycles. The van der Waals surface area contributed by atoms with Crippen LogP contribution in [0.4, 0.5) is 0 Å². The van der Waals surface area contributed by atoms with Crippen molar-refractivity contribution >= 4 is 43.2 Å². The molecular formula is C15H17Br2NO2S. The molecule has 0 amide bonds. The predicted octanol–water partition coefficient (Wildman–Crippen LogP) is 5.14. The number of benzene rings is 1. The Hall–Kier alpha value is -0.560. The molecule has 0 spiro atoms. The maximum atomic E-state index is 5.43. The van der Waals surface area contributed by atoms with Crippen molar-refractivity contribution in [3.63, 3.8) is 0 Å². The average molecular weight is 435 g/mol. The van der Waals surface area contributed by atoms with Crippen LogP contribution in [0.5, 0.6) is 11.5 Å². The third-order valence-electron chi connectivity index (χ3n) is 3.18. The summed E-state index contributed by atoms with van der Waals surface area (Å²) < 4.78 is 12.9. The van der Waals surface area contributed by atoms with E-state index in [-0.39, 0.29) is 6.04 Å². The zero-order valence-electron chi connectivity index (χ0n) is 12.1. The van der Waals surface area contributed by atoms with Gasteiger partial charge in [0.1, 0.15) is 11.5 Å². The molecule has 0 fully saturated rings. The predicted molar refractivity (Wildman–Crippen MR) is 94.5 cm³/mol. The maximum Gasteiger partial charge on any atom is 0.123 e. The standard InChI is InChI=1S/C15H17Br2NO2S/c1-9(18-8-11-7-13(16)15(17)21-11)12-6-10(19-2)4-5-14(12)20-3/h4-7,9,18H,8H2,1-3H3. The number of hydrogen-bond donors (Lipinski definition) is 1. The van der Waals surface area contributed by atoms with Gasteiger partial charge in [-0.15, -0.1) is 11.3 Å². The van der Waals surface area contributed by atoms with Crippen molar-refractivity contribution in [2.24, 2.45) is 0 Å². The zero-order valence-corrected chi connectivity index (χ0v) is 16.1. The molecule has 0 radical (unpaired) electrons. The van der Waals surface area contributed by atoms with Gasteiger partial charge in [-0.3, -0.25) is 0 Å². The molecule has 2 rings (SSSR count). The lowest BCUT2D eigenvalue weighted by Crippen LogP contribution is -2.18. The van der Waals surface area contributed by atoms with Crippen molar-refractivity contribution in [2.75, 3.05) is 14.2 Å². The summed E-state index contributed by atoms with van der Waals surface area (Å²) in [5, 5.41) is 3.51. The lowest BCUT2D eigenvalue weighted by atomic mass is 10.1. The van der Waals surface area contributed by atoms with Crippen LogP contribution in [-0.4, -0.2) is 14.2 Å². The van der Waals surface area contributed by atoms with E-state index in [9.17, 15) is 0 Å². The summed E-state index contributed by atoms with van der Waals surface area (Å²) in [5.41, 5.74) is 1.09. The fraction of sp³-hybridized carbons (Fsp3) is 0.333. The van der Waals surface area contributed by atoms with Gasteiger partial charge in [-0.25, -0.2) is 0 Å². The summed E-state index contributed by atoms with van der Waals surface area (Å²) in [4.78, 5) is 1.27. The van der Waals surface area contributed by atoms with Gasteiger partial charge in [0.15, 0.2) is 0 Å². The van der Waals surface area contributed by atoms with Gasteiger partial charge < -0.3 is 14.8 Å². The number of ether oxygens (including phenoxy) is 2. The maximum absolute atomic E-state index is 5.43. The fourth-order valence-corrected chi connectivity index (χ4v) is 4.15. The monoisotopic (exact) mass is 433 g/mol. The quantitative estimate of drug-likeness (QED) is 0.682. The molecule has 21 heavy (non-hydrogen) atoms. The van der Waals surface area contributed by atoms with Crippen LogP contribution in [-0.2, 0) is 6.54 Å². The highest BCUT2D eigenvalue weighted by Crippen LogP contribution is 2.33. The van der Waals surface area contributed by atoms with Crippen LogP contribution < -0.4 is 14.8 Å². The second kappa shape index (κ2) is 7.63. The van der Waals surface area contributed by atoms with E-state index < -0.39 is 0 Å². The molecule has 1 N–H and O–H groups in total. The highest BCUT2D eigenvalue weighted by atomic mass is 79.9. The van der Waals surface area contributed by atoms with Crippen molar-refractivity contribution < 1.29 is 9.47 Å². The van der Waals surface area contributed by atoms with E-state index in [0.29, 0.717) is 0 Å². The van der Waals surface area contributed by atoms with Gasteiger partial charge in [0.2, 0.25) is 0 Å². The van der Waals surface area contributed by atoms with Gasteiger partial charge in [0.05, 0.1) is 18.0 Å². The minimum atomic E-state index is 0.162. The lowest BCUT2D eigenvalue weighted by Gasteiger charge is -2.18. The largest absolute Gasteiger partial charge is 0.497 e. The average Bonchev–Trinajstić information content (AvgIpc) is 2.82. The molecule has 0 aliphatic carbocycles. The second-order valence-corrected chi connectivity index (χ2v) is 7.85. The van der Waals surface area contributed by atoms with E-state index in [1.807, 2.05) is 18.2 Å². The first-order chi connectivity index (χ1) is 10.0. The van der Waals surface area contributed by atoms with Gasteiger partial charge in [0, 0.05) is 27.5 Å². The molecule has 1 heterocycles. The molecule has 2 aromatic rings. The molecule has 1 unspecified atom stereocenters. The fourth-order valence-electron chi connectivity index (χ4n) is 2.02. The number of nitrogens with one attached hydrogen (secondary N) is 1. The summed E-state index contributed by atoms with van der Waals surface area (Å²) in [6, 6.07) is 8.14. The molecule has 1 aromatic carbocycles. The zero-order chi connectivity index (χ0) is 15.4. The topological polar surface area (TPSA) is 30.5 Å². The van der Waals surface area contributed by atoms with Crippen LogP contribution in [0.2, 0.25) is 0 Å². The third-order valence-corrected chi connectivity index (χ3v) is 6.44. The van der Waals surface area contributed by atoms with Gasteiger partial charge in [-0.1, -0.05) is 0 Å². The van der Waals surface area contributed by atoms with Gasteiger partial charge >= 0.3 is 0 Å². The molecule has 114 valence electrons. The molecular weight excluding hydrogens is 418 g/mol. The van der Waals surface area contributed by atoms with E-state index in [0.717, 1.165) is 31.9 Å². The van der Waals surface area contributed by atoms with Gasteiger partial charge in [-0.2, -0.15) is 0 Å². The van der Waals surface area contributed by atoms with Crippen molar-refractivity contribution in [1.82, 2.24) is 5.32 Å². The molecule has 0 bridgehead atoms. The van der Waals surface area contributed by atoms with Crippen molar-refractivity contribution in [3.05, 3.63) is 43.0 Å². The number of methoxy groups -OCH3 is 2. The van der Waals surface area contributed by atoms with Gasteiger partial charge in [0.25, 0.3) is 0 Å². The first-order valence-electron chi connectivity index (χ1n) is 6.44. The van der Waals surface area contributed by atoms with E-state index in [4.69, 9.17) is 9.47 Å². The van der Waals surface area contributed by atoms with E-state index >= 15 is 0 Å². The highest BCUT2D eigenvalue weighted by molar-refractivity contribution is 9.13. The number of hydrogen-bond acceptors (Lipinski definition) is 4. The highest BCUT2D eigenvalue weighted by Gasteiger charge is 2.13. The number of thiophene rings is 1. The summed E-state index contributed by atoms with van der Waals surface area (Å²) in [6.07, 6.45) is 0. The minimum absolute atomic E-state index is 0.162. The summed E-state index contributed by atoms with van der Waals surface area (Å²) in [7, 11) is 3.36. The molecule has 0 saturated heterocycles. The Morgan fingerprint density at radius 3 is 2.52 bits per heavy atom. The normalized spacial score (nSPS) is 12.2. The third kappa shape index (κ3) is 4.22. The number of rotatable bonds is 6. The van der Waals surface area contributed by atoms with E-state index in [2.05, 4.69) is 50.2 Å². The Bertz CT molecular complexity index is 596. The van der Waals surface area contributed by atoms with Crippen LogP contribution in [0.15, 0.2) is 32.5 Å². The van der Waals surface area contributed by atoms with Crippen LogP contribution in [0.3, 0.4) is 0 Å². The molecule has 1 atom stereocenters. The van der Waals surface area contributed by atoms with E-state index in [1.165, 1.54) is 4.88 Å². The molecule has 3 nitrogen and oxygen atoms in total. The summed E-state index contributed by atoms with van der Waals surface area (Å²) in [5.74, 6) is 1.70. The van der Waals surface area contributed by atoms with Crippen LogP contribution in [0, 0.1) is 0 Å². The van der Waals surface area contributed by atoms with Crippen molar-refractivity contribution in [2.45, 2.75) is 19.5 Å². The minimum Gasteiger partial charge on any atom is -0.497 e. The summed E-state index contributed by atoms with van der Waals surface area (Å²) in [6.45, 7) is 2.92. The Morgan fingerprint density at radius 1 is 1.19 bits per heavy atom. The SMILES string of the molecule is COc1ccc(OC)c(C(C)NCc2cc(Br)c(Br)s2)c1. The Balaban J connectivity index is 2.10. The molecule has 0 aliphatic rings.